The van der Waals surface area contributed by atoms with E-state index in [9.17, 15) is 0 Å². The maximum Gasteiger partial charge on any atom is 0.104 e. The number of hydrogen-bond acceptors (Lipinski definition) is 2. The second kappa shape index (κ2) is 6.27. The van der Waals surface area contributed by atoms with E-state index in [0.29, 0.717) is 5.92 Å². The zero-order valence-corrected chi connectivity index (χ0v) is 12.9. The maximum atomic E-state index is 5.51. The molecule has 108 valence electrons. The van der Waals surface area contributed by atoms with Crippen molar-refractivity contribution >= 4 is 0 Å². The first kappa shape index (κ1) is 14.9. The summed E-state index contributed by atoms with van der Waals surface area (Å²) >= 11 is 0. The van der Waals surface area contributed by atoms with Gasteiger partial charge in [0, 0.05) is 24.4 Å². The van der Waals surface area contributed by atoms with Gasteiger partial charge in [-0.15, -0.1) is 0 Å². The highest BCUT2D eigenvalue weighted by molar-refractivity contribution is 5.26. The molecule has 0 saturated heterocycles. The van der Waals surface area contributed by atoms with Gasteiger partial charge >= 0.3 is 0 Å². The lowest BCUT2D eigenvalue weighted by molar-refractivity contribution is 0.393. The van der Waals surface area contributed by atoms with E-state index in [2.05, 4.69) is 63.3 Å². The van der Waals surface area contributed by atoms with Gasteiger partial charge in [0.1, 0.15) is 5.76 Å². The minimum atomic E-state index is 0.131. The first-order chi connectivity index (χ1) is 9.44. The summed E-state index contributed by atoms with van der Waals surface area (Å²) in [4.78, 5) is 0. The van der Waals surface area contributed by atoms with Crippen LogP contribution in [0.3, 0.4) is 0 Å². The Hall–Kier alpha value is -1.54. The van der Waals surface area contributed by atoms with Gasteiger partial charge in [-0.3, -0.25) is 0 Å². The second-order valence-corrected chi connectivity index (χ2v) is 6.52. The third-order valence-electron chi connectivity index (χ3n) is 3.46. The topological polar surface area (TPSA) is 25.2 Å². The summed E-state index contributed by atoms with van der Waals surface area (Å²) < 4.78 is 5.51. The number of benzene rings is 1. The molecule has 0 radical (unpaired) electrons. The summed E-state index contributed by atoms with van der Waals surface area (Å²) in [6, 6.07) is 12.8. The van der Waals surface area contributed by atoms with Crippen LogP contribution in [0.1, 0.15) is 43.6 Å². The molecule has 1 heterocycles. The van der Waals surface area contributed by atoms with Crippen molar-refractivity contribution in [1.29, 1.82) is 0 Å². The lowest BCUT2D eigenvalue weighted by Crippen LogP contribution is -2.39. The fraction of sp³-hybridized carbons (Fsp3) is 0.444. The molecule has 2 nitrogen and oxygen atoms in total. The minimum Gasteiger partial charge on any atom is -0.469 e. The molecule has 20 heavy (non-hydrogen) atoms. The number of nitrogens with one attached hydrogen (secondary N) is 1. The third-order valence-corrected chi connectivity index (χ3v) is 3.46. The number of aryl methyl sites for hydroxylation is 1. The molecule has 0 aliphatic carbocycles. The molecule has 2 rings (SSSR count). The quantitative estimate of drug-likeness (QED) is 0.877. The van der Waals surface area contributed by atoms with E-state index >= 15 is 0 Å². The Balaban J connectivity index is 2.12. The fourth-order valence-corrected chi connectivity index (χ4v) is 2.25. The summed E-state index contributed by atoms with van der Waals surface area (Å²) in [6.45, 7) is 9.68. The van der Waals surface area contributed by atoms with Crippen molar-refractivity contribution in [3.05, 3.63) is 59.5 Å². The Morgan fingerprint density at radius 3 is 2.35 bits per heavy atom. The molecule has 1 unspecified atom stereocenters. The van der Waals surface area contributed by atoms with Crippen LogP contribution in [0, 0.1) is 6.92 Å². The highest BCUT2D eigenvalue weighted by atomic mass is 16.3. The van der Waals surface area contributed by atoms with Crippen LogP contribution in [-0.4, -0.2) is 12.1 Å². The van der Waals surface area contributed by atoms with Crippen LogP contribution >= 0.6 is 0 Å². The number of hydrogen-bond donors (Lipinski definition) is 1. The molecule has 0 aliphatic heterocycles. The van der Waals surface area contributed by atoms with Crippen molar-refractivity contribution in [3.8, 4) is 0 Å². The van der Waals surface area contributed by atoms with Crippen LogP contribution in [0.15, 0.2) is 47.1 Å². The molecule has 0 aliphatic rings. The average Bonchev–Trinajstić information content (AvgIpc) is 2.87. The lowest BCUT2D eigenvalue weighted by atomic mass is 9.93. The van der Waals surface area contributed by atoms with E-state index in [1.54, 1.807) is 6.26 Å². The predicted molar refractivity (Wildman–Crippen MR) is 84.1 cm³/mol. The summed E-state index contributed by atoms with van der Waals surface area (Å²) in [5.41, 5.74) is 2.80. The molecule has 1 aromatic heterocycles. The van der Waals surface area contributed by atoms with Crippen LogP contribution in [-0.2, 0) is 6.42 Å². The maximum absolute atomic E-state index is 5.51. The second-order valence-electron chi connectivity index (χ2n) is 6.52. The molecule has 0 bridgehead atoms. The smallest absolute Gasteiger partial charge is 0.104 e. The predicted octanol–water partition coefficient (Wildman–Crippen LogP) is 4.30. The molecule has 1 atom stereocenters. The molecule has 0 amide bonds. The van der Waals surface area contributed by atoms with Gasteiger partial charge in [-0.25, -0.2) is 0 Å². The summed E-state index contributed by atoms with van der Waals surface area (Å²) in [6.07, 6.45) is 2.68. The van der Waals surface area contributed by atoms with E-state index in [1.807, 2.05) is 6.07 Å². The summed E-state index contributed by atoms with van der Waals surface area (Å²) in [5.74, 6) is 1.48. The van der Waals surface area contributed by atoms with Crippen LogP contribution in [0.4, 0.5) is 0 Å². The SMILES string of the molecule is Cc1ccc(C(CNC(C)(C)C)Cc2ccco2)cc1. The van der Waals surface area contributed by atoms with Crippen molar-refractivity contribution in [3.63, 3.8) is 0 Å². The Morgan fingerprint density at radius 2 is 1.80 bits per heavy atom. The van der Waals surface area contributed by atoms with Crippen LogP contribution < -0.4 is 5.32 Å². The molecule has 0 saturated carbocycles. The number of furan rings is 1. The van der Waals surface area contributed by atoms with Crippen LogP contribution in [0.5, 0.6) is 0 Å². The van der Waals surface area contributed by atoms with E-state index in [4.69, 9.17) is 4.42 Å². The van der Waals surface area contributed by atoms with E-state index in [-0.39, 0.29) is 5.54 Å². The van der Waals surface area contributed by atoms with Crippen molar-refractivity contribution in [2.75, 3.05) is 6.54 Å². The molecule has 1 N–H and O–H groups in total. The van der Waals surface area contributed by atoms with Crippen molar-refractivity contribution in [1.82, 2.24) is 5.32 Å². The summed E-state index contributed by atoms with van der Waals surface area (Å²) in [7, 11) is 0. The Bertz CT molecular complexity index is 505. The average molecular weight is 271 g/mol. The van der Waals surface area contributed by atoms with Gasteiger partial charge in [0.05, 0.1) is 6.26 Å². The highest BCUT2D eigenvalue weighted by Crippen LogP contribution is 2.22. The van der Waals surface area contributed by atoms with E-state index in [1.165, 1.54) is 11.1 Å². The zero-order valence-electron chi connectivity index (χ0n) is 12.9. The van der Waals surface area contributed by atoms with Gasteiger partial charge in [0.15, 0.2) is 0 Å². The molecule has 1 aromatic carbocycles. The molecular weight excluding hydrogens is 246 g/mol. The summed E-state index contributed by atoms with van der Waals surface area (Å²) in [5, 5.41) is 3.61. The van der Waals surface area contributed by atoms with Gasteiger partial charge in [-0.1, -0.05) is 29.8 Å². The molecule has 2 heteroatoms. The normalized spacial score (nSPS) is 13.4. The van der Waals surface area contributed by atoms with Gasteiger partial charge < -0.3 is 9.73 Å². The Labute approximate surface area is 122 Å². The van der Waals surface area contributed by atoms with Gasteiger partial charge in [-0.2, -0.15) is 0 Å². The monoisotopic (exact) mass is 271 g/mol. The molecule has 0 fully saturated rings. The highest BCUT2D eigenvalue weighted by Gasteiger charge is 2.17. The minimum absolute atomic E-state index is 0.131. The van der Waals surface area contributed by atoms with E-state index < -0.39 is 0 Å². The fourth-order valence-electron chi connectivity index (χ4n) is 2.25. The van der Waals surface area contributed by atoms with Gasteiger partial charge in [0.25, 0.3) is 0 Å². The Morgan fingerprint density at radius 1 is 1.10 bits per heavy atom. The van der Waals surface area contributed by atoms with Crippen LogP contribution in [0.25, 0.3) is 0 Å². The first-order valence-electron chi connectivity index (χ1n) is 7.28. The molecule has 2 aromatic rings. The van der Waals surface area contributed by atoms with Crippen LogP contribution in [0.2, 0.25) is 0 Å². The van der Waals surface area contributed by atoms with Crippen molar-refractivity contribution in [2.24, 2.45) is 0 Å². The zero-order chi connectivity index (χ0) is 14.6. The van der Waals surface area contributed by atoms with Crippen molar-refractivity contribution < 1.29 is 4.42 Å². The largest absolute Gasteiger partial charge is 0.469 e. The number of rotatable bonds is 5. The standard InChI is InChI=1S/C18H25NO/c1-14-7-9-15(10-8-14)16(13-19-18(2,3)4)12-17-6-5-11-20-17/h5-11,16,19H,12-13H2,1-4H3. The van der Waals surface area contributed by atoms with Crippen molar-refractivity contribution in [2.45, 2.75) is 45.6 Å². The first-order valence-corrected chi connectivity index (χ1v) is 7.28. The van der Waals surface area contributed by atoms with Gasteiger partial charge in [-0.05, 0) is 45.4 Å². The lowest BCUT2D eigenvalue weighted by Gasteiger charge is -2.25. The molecule has 0 spiro atoms. The Kier molecular flexibility index (Phi) is 4.66. The van der Waals surface area contributed by atoms with E-state index in [0.717, 1.165) is 18.7 Å². The van der Waals surface area contributed by atoms with Gasteiger partial charge in [0.2, 0.25) is 0 Å². The molecular formula is C18H25NO. The third kappa shape index (κ3) is 4.53.